The minimum absolute atomic E-state index is 0.476. The highest BCUT2D eigenvalue weighted by Crippen LogP contribution is 2.27. The Kier molecular flexibility index (Phi) is 6.07. The van der Waals surface area contributed by atoms with E-state index in [1.165, 1.54) is 44.9 Å². The first kappa shape index (κ1) is 17.2. The second kappa shape index (κ2) is 8.47. The maximum atomic E-state index is 8.57. The Labute approximate surface area is 145 Å². The van der Waals surface area contributed by atoms with Gasteiger partial charge in [-0.05, 0) is 63.6 Å². The highest BCUT2D eigenvalue weighted by molar-refractivity contribution is 6.06. The van der Waals surface area contributed by atoms with Crippen molar-refractivity contribution in [2.75, 3.05) is 24.1 Å². The molecule has 24 heavy (non-hydrogen) atoms. The number of anilines is 2. The molecule has 2 aliphatic rings. The van der Waals surface area contributed by atoms with Crippen LogP contribution in [0.1, 0.15) is 63.4 Å². The fourth-order valence-corrected chi connectivity index (χ4v) is 3.99. The van der Waals surface area contributed by atoms with Crippen LogP contribution in [0.2, 0.25) is 0 Å². The molecule has 1 saturated carbocycles. The molecule has 1 aromatic rings. The fraction of sp³-hybridized carbons (Fsp3) is 0.684. The molecule has 0 unspecified atom stereocenters. The van der Waals surface area contributed by atoms with Gasteiger partial charge in [-0.2, -0.15) is 0 Å². The molecule has 5 heteroatoms. The van der Waals surface area contributed by atoms with Gasteiger partial charge in [-0.3, -0.25) is 0 Å². The van der Waals surface area contributed by atoms with E-state index in [0.29, 0.717) is 17.4 Å². The number of pyridine rings is 1. The molecular formula is C19H31N5. The summed E-state index contributed by atoms with van der Waals surface area (Å²) in [5.74, 6) is 1.55. The van der Waals surface area contributed by atoms with Crippen molar-refractivity contribution in [1.82, 2.24) is 10.3 Å². The van der Waals surface area contributed by atoms with Crippen molar-refractivity contribution in [3.05, 3.63) is 17.8 Å². The minimum Gasteiger partial charge on any atom is -0.398 e. The zero-order chi connectivity index (χ0) is 16.8. The molecule has 0 amide bonds. The van der Waals surface area contributed by atoms with E-state index in [9.17, 15) is 0 Å². The van der Waals surface area contributed by atoms with E-state index in [2.05, 4.69) is 15.6 Å². The summed E-state index contributed by atoms with van der Waals surface area (Å²) in [6, 6.07) is 2.30. The van der Waals surface area contributed by atoms with Crippen molar-refractivity contribution < 1.29 is 0 Å². The zero-order valence-corrected chi connectivity index (χ0v) is 14.6. The molecule has 2 fully saturated rings. The van der Waals surface area contributed by atoms with Gasteiger partial charge in [0, 0.05) is 23.6 Å². The first-order chi connectivity index (χ1) is 11.7. The van der Waals surface area contributed by atoms with E-state index in [1.807, 2.05) is 6.07 Å². The lowest BCUT2D eigenvalue weighted by Gasteiger charge is -2.25. The SMILES string of the molecule is N=C(CCC1CCNCC1)c1c(N)ccnc1NC1CCCCC1. The number of nitrogen functional groups attached to an aromatic ring is 1. The molecule has 1 aromatic heterocycles. The number of nitrogens with two attached hydrogens (primary N) is 1. The predicted molar refractivity (Wildman–Crippen MR) is 101 cm³/mol. The smallest absolute Gasteiger partial charge is 0.137 e. The molecule has 1 aliphatic carbocycles. The van der Waals surface area contributed by atoms with Gasteiger partial charge in [0.15, 0.2) is 0 Å². The molecule has 1 saturated heterocycles. The molecule has 132 valence electrons. The lowest BCUT2D eigenvalue weighted by Crippen LogP contribution is -2.28. The number of hydrogen-bond acceptors (Lipinski definition) is 5. The second-order valence-corrected chi connectivity index (χ2v) is 7.31. The largest absolute Gasteiger partial charge is 0.398 e. The molecule has 0 aromatic carbocycles. The van der Waals surface area contributed by atoms with Gasteiger partial charge in [-0.15, -0.1) is 0 Å². The van der Waals surface area contributed by atoms with Crippen LogP contribution in [0.15, 0.2) is 12.3 Å². The van der Waals surface area contributed by atoms with Crippen LogP contribution in [0.4, 0.5) is 11.5 Å². The number of piperidine rings is 1. The first-order valence-corrected chi connectivity index (χ1v) is 9.53. The lowest BCUT2D eigenvalue weighted by atomic mass is 9.90. The minimum atomic E-state index is 0.476. The molecule has 1 aliphatic heterocycles. The normalized spacial score (nSPS) is 20.0. The molecule has 5 N–H and O–H groups in total. The first-order valence-electron chi connectivity index (χ1n) is 9.53. The summed E-state index contributed by atoms with van der Waals surface area (Å²) >= 11 is 0. The number of nitrogens with zero attached hydrogens (tertiary/aromatic N) is 1. The monoisotopic (exact) mass is 329 g/mol. The molecule has 0 spiro atoms. The van der Waals surface area contributed by atoms with Crippen LogP contribution in [-0.2, 0) is 0 Å². The summed E-state index contributed by atoms with van der Waals surface area (Å²) in [5, 5.41) is 15.5. The second-order valence-electron chi connectivity index (χ2n) is 7.31. The molecular weight excluding hydrogens is 298 g/mol. The van der Waals surface area contributed by atoms with E-state index in [-0.39, 0.29) is 0 Å². The van der Waals surface area contributed by atoms with Gasteiger partial charge in [0.05, 0.1) is 5.56 Å². The summed E-state index contributed by atoms with van der Waals surface area (Å²) in [6.45, 7) is 2.23. The van der Waals surface area contributed by atoms with Gasteiger partial charge >= 0.3 is 0 Å². The van der Waals surface area contributed by atoms with E-state index in [1.54, 1.807) is 6.20 Å². The quantitative estimate of drug-likeness (QED) is 0.601. The van der Waals surface area contributed by atoms with Crippen LogP contribution in [-0.4, -0.2) is 29.8 Å². The standard InChI is InChI=1S/C19H31N5/c20-16(7-6-14-8-11-22-12-9-14)18-17(21)10-13-23-19(18)24-15-4-2-1-3-5-15/h10,13-15,20,22H,1-9,11-12H2,(H3,21,23,24). The maximum Gasteiger partial charge on any atom is 0.137 e. The topological polar surface area (TPSA) is 86.8 Å². The third-order valence-corrected chi connectivity index (χ3v) is 5.49. The van der Waals surface area contributed by atoms with Crippen LogP contribution < -0.4 is 16.4 Å². The van der Waals surface area contributed by atoms with Crippen LogP contribution in [0.5, 0.6) is 0 Å². The Bertz CT molecular complexity index is 545. The highest BCUT2D eigenvalue weighted by Gasteiger charge is 2.20. The average molecular weight is 329 g/mol. The Morgan fingerprint density at radius 2 is 1.96 bits per heavy atom. The van der Waals surface area contributed by atoms with Crippen LogP contribution >= 0.6 is 0 Å². The summed E-state index contributed by atoms with van der Waals surface area (Å²) in [4.78, 5) is 4.51. The van der Waals surface area contributed by atoms with E-state index >= 15 is 0 Å². The summed E-state index contributed by atoms with van der Waals surface area (Å²) in [7, 11) is 0. The Hall–Kier alpha value is -1.62. The van der Waals surface area contributed by atoms with Crippen molar-refractivity contribution in [2.45, 2.75) is 63.8 Å². The van der Waals surface area contributed by atoms with Gasteiger partial charge in [-0.1, -0.05) is 19.3 Å². The zero-order valence-electron chi connectivity index (χ0n) is 14.6. The molecule has 2 heterocycles. The third-order valence-electron chi connectivity index (χ3n) is 5.49. The van der Waals surface area contributed by atoms with Crippen molar-refractivity contribution in [1.29, 1.82) is 5.41 Å². The van der Waals surface area contributed by atoms with Crippen molar-refractivity contribution in [2.24, 2.45) is 5.92 Å². The number of rotatable bonds is 6. The Morgan fingerprint density at radius 3 is 2.71 bits per heavy atom. The van der Waals surface area contributed by atoms with Crippen LogP contribution in [0.3, 0.4) is 0 Å². The summed E-state index contributed by atoms with van der Waals surface area (Å²) in [5.41, 5.74) is 8.35. The van der Waals surface area contributed by atoms with Gasteiger partial charge < -0.3 is 21.8 Å². The van der Waals surface area contributed by atoms with Gasteiger partial charge in [0.1, 0.15) is 5.82 Å². The molecule has 5 nitrogen and oxygen atoms in total. The summed E-state index contributed by atoms with van der Waals surface area (Å²) < 4.78 is 0. The van der Waals surface area contributed by atoms with Gasteiger partial charge in [-0.25, -0.2) is 4.98 Å². The van der Waals surface area contributed by atoms with Crippen LogP contribution in [0, 0.1) is 11.3 Å². The van der Waals surface area contributed by atoms with E-state index in [4.69, 9.17) is 11.1 Å². The number of hydrogen-bond donors (Lipinski definition) is 4. The van der Waals surface area contributed by atoms with Crippen molar-refractivity contribution in [3.63, 3.8) is 0 Å². The average Bonchev–Trinajstić information content (AvgIpc) is 2.62. The predicted octanol–water partition coefficient (Wildman–Crippen LogP) is 3.56. The maximum absolute atomic E-state index is 8.57. The van der Waals surface area contributed by atoms with Crippen molar-refractivity contribution in [3.8, 4) is 0 Å². The fourth-order valence-electron chi connectivity index (χ4n) is 3.99. The lowest BCUT2D eigenvalue weighted by molar-refractivity contribution is 0.359. The van der Waals surface area contributed by atoms with Crippen LogP contribution in [0.25, 0.3) is 0 Å². The Balaban J connectivity index is 1.65. The Morgan fingerprint density at radius 1 is 1.21 bits per heavy atom. The summed E-state index contributed by atoms with van der Waals surface area (Å²) in [6.07, 6.45) is 12.4. The van der Waals surface area contributed by atoms with Gasteiger partial charge in [0.25, 0.3) is 0 Å². The third kappa shape index (κ3) is 4.47. The van der Waals surface area contributed by atoms with Crippen molar-refractivity contribution >= 4 is 17.2 Å². The molecule has 0 atom stereocenters. The van der Waals surface area contributed by atoms with Gasteiger partial charge in [0.2, 0.25) is 0 Å². The van der Waals surface area contributed by atoms with E-state index < -0.39 is 0 Å². The molecule has 3 rings (SSSR count). The number of aromatic nitrogens is 1. The molecule has 0 bridgehead atoms. The van der Waals surface area contributed by atoms with E-state index in [0.717, 1.165) is 43.2 Å². The number of nitrogens with one attached hydrogen (secondary N) is 3. The highest BCUT2D eigenvalue weighted by atomic mass is 15.0. The molecule has 0 radical (unpaired) electrons.